The largest absolute Gasteiger partial charge is 0.355 e. The summed E-state index contributed by atoms with van der Waals surface area (Å²) in [6.07, 6.45) is 5.22. The molecule has 2 fully saturated rings. The zero-order chi connectivity index (χ0) is 18.8. The van der Waals surface area contributed by atoms with Crippen molar-refractivity contribution in [3.05, 3.63) is 12.2 Å². The van der Waals surface area contributed by atoms with Gasteiger partial charge in [-0.2, -0.15) is 0 Å². The maximum atomic E-state index is 12.6. The first-order valence-corrected chi connectivity index (χ1v) is 9.62. The molecule has 4 atom stereocenters. The Bertz CT molecular complexity index is 591. The Hall–Kier alpha value is -1.16. The summed E-state index contributed by atoms with van der Waals surface area (Å²) in [5.74, 6) is 1.05. The number of aliphatic imine (C=N–C) groups is 1. The van der Waals surface area contributed by atoms with Gasteiger partial charge in [-0.05, 0) is 39.2 Å². The van der Waals surface area contributed by atoms with Gasteiger partial charge < -0.3 is 15.5 Å². The number of rotatable bonds is 7. The number of hydrogen-bond acceptors (Lipinski definition) is 4. The number of likely N-dealkylation sites (N-methyl/N-ethyl adjacent to an activating group) is 1. The fraction of sp³-hybridized carbons (Fsp3) is 0.737. The first-order chi connectivity index (χ1) is 12.4. The molecule has 1 aliphatic heterocycles. The maximum Gasteiger partial charge on any atom is 0.233 e. The topological polar surface area (TPSA) is 77.0 Å². The lowest BCUT2D eigenvalue weighted by Crippen LogP contribution is -2.45. The Kier molecular flexibility index (Phi) is 7.67. The Morgan fingerprint density at radius 1 is 1.19 bits per heavy atom. The molecule has 0 aromatic rings. The summed E-state index contributed by atoms with van der Waals surface area (Å²) in [6.45, 7) is 6.94. The van der Waals surface area contributed by atoms with Gasteiger partial charge in [-0.3, -0.25) is 19.5 Å². The van der Waals surface area contributed by atoms with Crippen molar-refractivity contribution in [3.63, 3.8) is 0 Å². The van der Waals surface area contributed by atoms with Crippen LogP contribution in [0.15, 0.2) is 17.1 Å². The second kappa shape index (κ2) is 9.36. The summed E-state index contributed by atoms with van der Waals surface area (Å²) in [6, 6.07) is 0.503. The van der Waals surface area contributed by atoms with Gasteiger partial charge in [-0.1, -0.05) is 12.2 Å². The van der Waals surface area contributed by atoms with E-state index in [1.54, 1.807) is 7.05 Å². The van der Waals surface area contributed by atoms with Gasteiger partial charge in [0.1, 0.15) is 0 Å². The molecule has 4 unspecified atom stereocenters. The third-order valence-electron chi connectivity index (χ3n) is 6.05. The lowest BCUT2D eigenvalue weighted by Gasteiger charge is -2.22. The Labute approximate surface area is 179 Å². The van der Waals surface area contributed by atoms with Gasteiger partial charge in [-0.15, -0.1) is 24.0 Å². The smallest absolute Gasteiger partial charge is 0.233 e. The van der Waals surface area contributed by atoms with E-state index < -0.39 is 0 Å². The first-order valence-electron chi connectivity index (χ1n) is 9.62. The maximum absolute atomic E-state index is 12.6. The SMILES string of the molecule is CN=C(NCCN1C(=O)C2C3C=CC(C3)C2C1=O)NCCN(C)C(C)C.I. The lowest BCUT2D eigenvalue weighted by atomic mass is 9.85. The van der Waals surface area contributed by atoms with Crippen LogP contribution in [0.2, 0.25) is 0 Å². The van der Waals surface area contributed by atoms with Crippen molar-refractivity contribution in [2.24, 2.45) is 28.7 Å². The number of halogens is 1. The summed E-state index contributed by atoms with van der Waals surface area (Å²) >= 11 is 0. The summed E-state index contributed by atoms with van der Waals surface area (Å²) in [5.41, 5.74) is 0. The number of allylic oxidation sites excluding steroid dienone is 2. The number of amides is 2. The third-order valence-corrected chi connectivity index (χ3v) is 6.05. The van der Waals surface area contributed by atoms with E-state index in [-0.39, 0.29) is 59.5 Å². The van der Waals surface area contributed by atoms with Crippen molar-refractivity contribution in [1.82, 2.24) is 20.4 Å². The Balaban J connectivity index is 0.00000261. The molecule has 2 N–H and O–H groups in total. The number of hydrogen-bond donors (Lipinski definition) is 2. The minimum atomic E-state index is -0.110. The molecule has 27 heavy (non-hydrogen) atoms. The molecule has 152 valence electrons. The minimum absolute atomic E-state index is 0. The van der Waals surface area contributed by atoms with E-state index >= 15 is 0 Å². The molecule has 0 radical (unpaired) electrons. The number of guanidine groups is 1. The second-order valence-electron chi connectivity index (χ2n) is 7.83. The molecule has 0 aromatic carbocycles. The number of nitrogens with one attached hydrogen (secondary N) is 2. The molecular weight excluding hydrogens is 457 g/mol. The molecule has 2 aliphatic carbocycles. The van der Waals surface area contributed by atoms with Crippen LogP contribution in [0.5, 0.6) is 0 Å². The van der Waals surface area contributed by atoms with Gasteiger partial charge in [0, 0.05) is 39.3 Å². The molecule has 1 saturated carbocycles. The number of imide groups is 1. The van der Waals surface area contributed by atoms with E-state index in [0.29, 0.717) is 25.1 Å². The highest BCUT2D eigenvalue weighted by molar-refractivity contribution is 14.0. The van der Waals surface area contributed by atoms with E-state index in [9.17, 15) is 9.59 Å². The number of carbonyl (C=O) groups excluding carboxylic acids is 2. The number of likely N-dealkylation sites (tertiary alicyclic amines) is 1. The second-order valence-corrected chi connectivity index (χ2v) is 7.83. The zero-order valence-electron chi connectivity index (χ0n) is 16.6. The monoisotopic (exact) mass is 489 g/mol. The Morgan fingerprint density at radius 2 is 1.74 bits per heavy atom. The molecule has 0 aromatic heterocycles. The van der Waals surface area contributed by atoms with Gasteiger partial charge in [-0.25, -0.2) is 0 Å². The van der Waals surface area contributed by atoms with Crippen molar-refractivity contribution in [2.45, 2.75) is 26.3 Å². The van der Waals surface area contributed by atoms with Crippen LogP contribution in [0.4, 0.5) is 0 Å². The predicted octanol–water partition coefficient (Wildman–Crippen LogP) is 0.917. The van der Waals surface area contributed by atoms with E-state index in [4.69, 9.17) is 0 Å². The summed E-state index contributed by atoms with van der Waals surface area (Å²) in [4.78, 5) is 33.2. The standard InChI is InChI=1S/C19H31N5O2.HI/c1-12(2)23(4)9-7-21-19(20-3)22-8-10-24-17(25)15-13-5-6-14(11-13)16(15)18(24)26;/h5-6,12-16H,7-11H2,1-4H3,(H2,20,21,22);1H. The molecule has 7 nitrogen and oxygen atoms in total. The van der Waals surface area contributed by atoms with Crippen molar-refractivity contribution in [1.29, 1.82) is 0 Å². The lowest BCUT2D eigenvalue weighted by molar-refractivity contribution is -0.140. The first kappa shape index (κ1) is 22.1. The summed E-state index contributed by atoms with van der Waals surface area (Å²) in [7, 11) is 3.81. The fourth-order valence-corrected chi connectivity index (χ4v) is 4.30. The highest BCUT2D eigenvalue weighted by Crippen LogP contribution is 2.52. The van der Waals surface area contributed by atoms with E-state index in [1.807, 2.05) is 0 Å². The summed E-state index contributed by atoms with van der Waals surface area (Å²) < 4.78 is 0. The highest BCUT2D eigenvalue weighted by Gasteiger charge is 2.58. The quantitative estimate of drug-likeness (QED) is 0.183. The average molecular weight is 489 g/mol. The van der Waals surface area contributed by atoms with Crippen molar-refractivity contribution < 1.29 is 9.59 Å². The molecular formula is C19H32IN5O2. The summed E-state index contributed by atoms with van der Waals surface area (Å²) in [5, 5.41) is 6.47. The Morgan fingerprint density at radius 3 is 2.26 bits per heavy atom. The molecule has 1 saturated heterocycles. The highest BCUT2D eigenvalue weighted by atomic mass is 127. The van der Waals surface area contributed by atoms with Crippen LogP contribution >= 0.6 is 24.0 Å². The van der Waals surface area contributed by atoms with E-state index in [2.05, 4.69) is 53.6 Å². The minimum Gasteiger partial charge on any atom is -0.355 e. The molecule has 2 amide bonds. The fourth-order valence-electron chi connectivity index (χ4n) is 4.30. The van der Waals surface area contributed by atoms with Gasteiger partial charge >= 0.3 is 0 Å². The normalized spacial score (nSPS) is 29.0. The van der Waals surface area contributed by atoms with Crippen LogP contribution in [0.25, 0.3) is 0 Å². The van der Waals surface area contributed by atoms with Gasteiger partial charge in [0.15, 0.2) is 5.96 Å². The third kappa shape index (κ3) is 4.47. The van der Waals surface area contributed by atoms with Gasteiger partial charge in [0.2, 0.25) is 11.8 Å². The molecule has 3 aliphatic rings. The van der Waals surface area contributed by atoms with Crippen molar-refractivity contribution in [3.8, 4) is 0 Å². The van der Waals surface area contributed by atoms with Crippen LogP contribution in [-0.2, 0) is 9.59 Å². The van der Waals surface area contributed by atoms with Gasteiger partial charge in [0.05, 0.1) is 11.8 Å². The van der Waals surface area contributed by atoms with Crippen LogP contribution < -0.4 is 10.6 Å². The van der Waals surface area contributed by atoms with Crippen LogP contribution in [0, 0.1) is 23.7 Å². The molecule has 1 heterocycles. The number of carbonyl (C=O) groups is 2. The molecule has 0 spiro atoms. The predicted molar refractivity (Wildman–Crippen MR) is 117 cm³/mol. The van der Waals surface area contributed by atoms with E-state index in [0.717, 1.165) is 19.5 Å². The molecule has 2 bridgehead atoms. The zero-order valence-corrected chi connectivity index (χ0v) is 19.0. The van der Waals surface area contributed by atoms with Crippen LogP contribution in [0.1, 0.15) is 20.3 Å². The molecule has 8 heteroatoms. The number of fused-ring (bicyclic) bond motifs is 5. The van der Waals surface area contributed by atoms with Crippen molar-refractivity contribution in [2.75, 3.05) is 40.3 Å². The van der Waals surface area contributed by atoms with Crippen LogP contribution in [-0.4, -0.2) is 73.9 Å². The van der Waals surface area contributed by atoms with Crippen LogP contribution in [0.3, 0.4) is 0 Å². The van der Waals surface area contributed by atoms with Gasteiger partial charge in [0.25, 0.3) is 0 Å². The molecule has 3 rings (SSSR count). The number of nitrogens with zero attached hydrogens (tertiary/aromatic N) is 3. The average Bonchev–Trinajstić information content (AvgIpc) is 3.29. The van der Waals surface area contributed by atoms with Crippen molar-refractivity contribution >= 4 is 41.8 Å². The van der Waals surface area contributed by atoms with E-state index in [1.165, 1.54) is 4.90 Å².